The fourth-order valence-corrected chi connectivity index (χ4v) is 5.70. The first kappa shape index (κ1) is 23.8. The molecule has 3 aliphatic heterocycles. The van der Waals surface area contributed by atoms with Crippen LogP contribution >= 0.6 is 0 Å². The summed E-state index contributed by atoms with van der Waals surface area (Å²) in [5.41, 5.74) is 0.653. The Morgan fingerprint density at radius 3 is 2.63 bits per heavy atom. The summed E-state index contributed by atoms with van der Waals surface area (Å²) < 4.78 is 11.5. The minimum atomic E-state index is -1.13. The fraction of sp³-hybridized carbons (Fsp3) is 0.519. The summed E-state index contributed by atoms with van der Waals surface area (Å²) in [4.78, 5) is 35.3. The number of aromatic nitrogens is 1. The lowest BCUT2D eigenvalue weighted by atomic mass is 9.75. The molecule has 0 saturated carbocycles. The van der Waals surface area contributed by atoms with Gasteiger partial charge in [0.05, 0.1) is 24.9 Å². The monoisotopic (exact) mass is 478 g/mol. The van der Waals surface area contributed by atoms with Gasteiger partial charge in [-0.15, -0.1) is 0 Å². The van der Waals surface area contributed by atoms with Gasteiger partial charge in [-0.3, -0.25) is 19.6 Å². The molecule has 5 rings (SSSR count). The number of carbonyl (C=O) groups excluding carboxylic acids is 2. The second kappa shape index (κ2) is 10.3. The Hall–Kier alpha value is -2.97. The minimum Gasteiger partial charge on any atom is -0.494 e. The zero-order valence-electron chi connectivity index (χ0n) is 20.3. The zero-order valence-corrected chi connectivity index (χ0v) is 20.3. The van der Waals surface area contributed by atoms with E-state index in [-0.39, 0.29) is 24.0 Å². The standard InChI is InChI=1S/C27H34N4O4/c1-2-34-23-10-4-3-8-20(23)18-30-15-12-21(13-16-30)27(24-11-5-6-14-28-24)25(32)31(26(33)29-27)19-22-9-7-17-35-22/h3-6,8,10-11,14,21-22H,2,7,9,12-13,15-19H2,1H3,(H,29,33)/t22-,27-/m1/s1. The predicted molar refractivity (Wildman–Crippen MR) is 131 cm³/mol. The van der Waals surface area contributed by atoms with Crippen LogP contribution in [0.15, 0.2) is 48.7 Å². The van der Waals surface area contributed by atoms with Gasteiger partial charge in [-0.05, 0) is 69.8 Å². The number of piperidine rings is 1. The molecule has 1 aromatic heterocycles. The number of ether oxygens (including phenoxy) is 2. The summed E-state index contributed by atoms with van der Waals surface area (Å²) in [6.07, 6.45) is 5.01. The summed E-state index contributed by atoms with van der Waals surface area (Å²) in [6, 6.07) is 13.4. The Bertz CT molecular complexity index is 1030. The number of rotatable bonds is 8. The topological polar surface area (TPSA) is 84.0 Å². The van der Waals surface area contributed by atoms with E-state index in [1.165, 1.54) is 10.5 Å². The van der Waals surface area contributed by atoms with E-state index >= 15 is 0 Å². The number of benzene rings is 1. The van der Waals surface area contributed by atoms with Crippen molar-refractivity contribution in [2.45, 2.75) is 50.8 Å². The van der Waals surface area contributed by atoms with Gasteiger partial charge in [0, 0.05) is 24.9 Å². The molecule has 2 aromatic rings. The van der Waals surface area contributed by atoms with E-state index < -0.39 is 5.54 Å². The molecule has 0 aliphatic carbocycles. The number of hydrogen-bond acceptors (Lipinski definition) is 6. The molecular weight excluding hydrogens is 444 g/mol. The van der Waals surface area contributed by atoms with Gasteiger partial charge in [0.1, 0.15) is 5.75 Å². The first-order valence-corrected chi connectivity index (χ1v) is 12.7. The number of para-hydroxylation sites is 1. The van der Waals surface area contributed by atoms with Crippen LogP contribution in [0.5, 0.6) is 5.75 Å². The van der Waals surface area contributed by atoms with Crippen molar-refractivity contribution in [3.05, 3.63) is 59.9 Å². The van der Waals surface area contributed by atoms with E-state index in [1.54, 1.807) is 6.20 Å². The van der Waals surface area contributed by atoms with Crippen LogP contribution in [0.25, 0.3) is 0 Å². The molecule has 0 unspecified atom stereocenters. The third-order valence-electron chi connectivity index (χ3n) is 7.48. The third kappa shape index (κ3) is 4.65. The van der Waals surface area contributed by atoms with Crippen LogP contribution < -0.4 is 10.1 Å². The molecule has 0 radical (unpaired) electrons. The highest BCUT2D eigenvalue weighted by atomic mass is 16.5. The lowest BCUT2D eigenvalue weighted by molar-refractivity contribution is -0.135. The second-order valence-electron chi connectivity index (χ2n) is 9.60. The van der Waals surface area contributed by atoms with Gasteiger partial charge < -0.3 is 14.8 Å². The third-order valence-corrected chi connectivity index (χ3v) is 7.48. The molecule has 3 fully saturated rings. The van der Waals surface area contributed by atoms with Crippen molar-refractivity contribution in [1.82, 2.24) is 20.1 Å². The van der Waals surface area contributed by atoms with Crippen molar-refractivity contribution in [3.8, 4) is 5.75 Å². The highest BCUT2D eigenvalue weighted by molar-refractivity contribution is 6.07. The number of nitrogens with zero attached hydrogens (tertiary/aromatic N) is 3. The normalized spacial score (nSPS) is 25.7. The van der Waals surface area contributed by atoms with E-state index in [1.807, 2.05) is 43.3 Å². The number of hydrogen-bond donors (Lipinski definition) is 1. The first-order chi connectivity index (χ1) is 17.1. The number of nitrogens with one attached hydrogen (secondary N) is 1. The fourth-order valence-electron chi connectivity index (χ4n) is 5.70. The van der Waals surface area contributed by atoms with Crippen molar-refractivity contribution in [2.24, 2.45) is 5.92 Å². The predicted octanol–water partition coefficient (Wildman–Crippen LogP) is 3.32. The van der Waals surface area contributed by atoms with Crippen LogP contribution in [0.2, 0.25) is 0 Å². The molecule has 8 heteroatoms. The maximum absolute atomic E-state index is 13.9. The molecule has 0 spiro atoms. The number of likely N-dealkylation sites (tertiary alicyclic amines) is 1. The van der Waals surface area contributed by atoms with Crippen LogP contribution in [0.4, 0.5) is 4.79 Å². The Balaban J connectivity index is 1.34. The average Bonchev–Trinajstić information content (AvgIpc) is 3.49. The minimum absolute atomic E-state index is 0.0401. The Morgan fingerprint density at radius 2 is 1.91 bits per heavy atom. The second-order valence-corrected chi connectivity index (χ2v) is 9.60. The summed E-state index contributed by atoms with van der Waals surface area (Å²) in [6.45, 7) is 6.06. The van der Waals surface area contributed by atoms with Gasteiger partial charge >= 0.3 is 6.03 Å². The van der Waals surface area contributed by atoms with Gasteiger partial charge in [-0.25, -0.2) is 4.79 Å². The highest BCUT2D eigenvalue weighted by Crippen LogP contribution is 2.41. The molecule has 4 heterocycles. The van der Waals surface area contributed by atoms with Crippen LogP contribution in [0.3, 0.4) is 0 Å². The van der Waals surface area contributed by atoms with Gasteiger partial charge in [-0.1, -0.05) is 24.3 Å². The number of carbonyl (C=O) groups is 2. The van der Waals surface area contributed by atoms with E-state index in [0.717, 1.165) is 51.1 Å². The SMILES string of the molecule is CCOc1ccccc1CN1CCC([C@]2(c3ccccn3)NC(=O)N(C[C@H]3CCCO3)C2=O)CC1. The Labute approximate surface area is 206 Å². The molecule has 3 amide bonds. The lowest BCUT2D eigenvalue weighted by Gasteiger charge is -2.40. The van der Waals surface area contributed by atoms with Crippen LogP contribution in [-0.2, 0) is 21.6 Å². The maximum Gasteiger partial charge on any atom is 0.325 e. The van der Waals surface area contributed by atoms with E-state index in [9.17, 15) is 9.59 Å². The van der Waals surface area contributed by atoms with Gasteiger partial charge in [0.15, 0.2) is 5.54 Å². The molecule has 0 bridgehead atoms. The molecule has 2 atom stereocenters. The van der Waals surface area contributed by atoms with E-state index in [4.69, 9.17) is 9.47 Å². The molecule has 3 aliphatic rings. The molecular formula is C27H34N4O4. The van der Waals surface area contributed by atoms with Crippen LogP contribution in [0.1, 0.15) is 43.9 Å². The largest absolute Gasteiger partial charge is 0.494 e. The highest BCUT2D eigenvalue weighted by Gasteiger charge is 2.58. The maximum atomic E-state index is 13.9. The molecule has 3 saturated heterocycles. The first-order valence-electron chi connectivity index (χ1n) is 12.7. The summed E-state index contributed by atoms with van der Waals surface area (Å²) >= 11 is 0. The number of urea groups is 1. The van der Waals surface area contributed by atoms with E-state index in [0.29, 0.717) is 25.5 Å². The van der Waals surface area contributed by atoms with Gasteiger partial charge in [0.25, 0.3) is 5.91 Å². The quantitative estimate of drug-likeness (QED) is 0.586. The number of amides is 3. The summed E-state index contributed by atoms with van der Waals surface area (Å²) in [5.74, 6) is 0.684. The van der Waals surface area contributed by atoms with Crippen molar-refractivity contribution in [2.75, 3.05) is 32.8 Å². The summed E-state index contributed by atoms with van der Waals surface area (Å²) in [7, 11) is 0. The smallest absolute Gasteiger partial charge is 0.325 e. The van der Waals surface area contributed by atoms with Gasteiger partial charge in [0.2, 0.25) is 0 Å². The van der Waals surface area contributed by atoms with Crippen molar-refractivity contribution >= 4 is 11.9 Å². The molecule has 8 nitrogen and oxygen atoms in total. The Morgan fingerprint density at radius 1 is 1.11 bits per heavy atom. The van der Waals surface area contributed by atoms with Crippen molar-refractivity contribution < 1.29 is 19.1 Å². The van der Waals surface area contributed by atoms with Crippen molar-refractivity contribution in [3.63, 3.8) is 0 Å². The van der Waals surface area contributed by atoms with Crippen LogP contribution in [-0.4, -0.2) is 65.7 Å². The zero-order chi connectivity index (χ0) is 24.3. The average molecular weight is 479 g/mol. The molecule has 1 N–H and O–H groups in total. The van der Waals surface area contributed by atoms with Crippen molar-refractivity contribution in [1.29, 1.82) is 0 Å². The van der Waals surface area contributed by atoms with E-state index in [2.05, 4.69) is 21.3 Å². The number of pyridine rings is 1. The summed E-state index contributed by atoms with van der Waals surface area (Å²) in [5, 5.41) is 3.10. The lowest BCUT2D eigenvalue weighted by Crippen LogP contribution is -2.54. The molecule has 186 valence electrons. The van der Waals surface area contributed by atoms with Gasteiger partial charge in [-0.2, -0.15) is 0 Å². The number of imide groups is 1. The molecule has 1 aromatic carbocycles. The Kier molecular flexibility index (Phi) is 7.02. The molecule has 35 heavy (non-hydrogen) atoms. The van der Waals surface area contributed by atoms with Crippen LogP contribution in [0, 0.1) is 5.92 Å².